The van der Waals surface area contributed by atoms with Crippen molar-refractivity contribution >= 4 is 65.7 Å². The third kappa shape index (κ3) is 8.93. The molecule has 0 saturated carbocycles. The molecular weight excluding hydrogens is 336 g/mol. The summed E-state index contributed by atoms with van der Waals surface area (Å²) in [6.07, 6.45) is 0. The second-order valence-electron chi connectivity index (χ2n) is 0. The SMILES string of the molecule is N.[Ge].[Sb].[Te]. The summed E-state index contributed by atoms with van der Waals surface area (Å²) in [7, 11) is 0. The summed E-state index contributed by atoms with van der Waals surface area (Å²) in [6, 6.07) is 0. The van der Waals surface area contributed by atoms with Crippen LogP contribution in [-0.4, -0.2) is 65.7 Å². The smallest absolute Gasteiger partial charge is 0 e. The van der Waals surface area contributed by atoms with E-state index >= 15 is 0 Å². The van der Waals surface area contributed by atoms with Gasteiger partial charge in [-0.05, 0) is 0 Å². The first-order valence-electron chi connectivity index (χ1n) is 0. The Balaban J connectivity index is 0. The fourth-order valence-electron chi connectivity index (χ4n) is 0. The van der Waals surface area contributed by atoms with E-state index in [-0.39, 0.29) is 71.8 Å². The number of hydrogen-bond donors (Lipinski definition) is 1. The summed E-state index contributed by atoms with van der Waals surface area (Å²) in [4.78, 5) is 0. The Bertz CT molecular complexity index is 8.00. The van der Waals surface area contributed by atoms with E-state index in [2.05, 4.69) is 0 Å². The summed E-state index contributed by atoms with van der Waals surface area (Å²) in [6.45, 7) is 0. The Morgan fingerprint density at radius 2 is 1.00 bits per heavy atom. The van der Waals surface area contributed by atoms with Crippen LogP contribution >= 0.6 is 0 Å². The molecule has 0 heterocycles. The fourth-order valence-corrected chi connectivity index (χ4v) is 0. The van der Waals surface area contributed by atoms with Crippen LogP contribution in [0.4, 0.5) is 0 Å². The Morgan fingerprint density at radius 1 is 1.00 bits per heavy atom. The molecule has 0 amide bonds. The van der Waals surface area contributed by atoms with Crippen LogP contribution in [0.15, 0.2) is 0 Å². The first kappa shape index (κ1) is 35.8. The van der Waals surface area contributed by atoms with Crippen LogP contribution in [0.5, 0.6) is 0 Å². The van der Waals surface area contributed by atoms with Crippen LogP contribution in [-0.2, 0) is 0 Å². The van der Waals surface area contributed by atoms with Gasteiger partial charge >= 0.3 is 0 Å². The molecule has 4 heavy (non-hydrogen) atoms. The van der Waals surface area contributed by atoms with Crippen LogP contribution in [0.3, 0.4) is 0 Å². The normalized spacial score (nSPS) is 0. The molecule has 0 aromatic carbocycles. The van der Waals surface area contributed by atoms with E-state index in [0.717, 1.165) is 0 Å². The largest absolute Gasteiger partial charge is 0.344 e. The van der Waals surface area contributed by atoms with Gasteiger partial charge in [-0.2, -0.15) is 0 Å². The minimum atomic E-state index is 0. The average Bonchev–Trinajstić information content (AvgIpc) is 0. The third-order valence-electron chi connectivity index (χ3n) is 0. The summed E-state index contributed by atoms with van der Waals surface area (Å²) < 4.78 is 0. The van der Waals surface area contributed by atoms with E-state index < -0.39 is 0 Å². The van der Waals surface area contributed by atoms with Crippen molar-refractivity contribution in [1.82, 2.24) is 6.15 Å². The molecule has 0 aromatic rings. The van der Waals surface area contributed by atoms with Gasteiger partial charge in [0.05, 0.1) is 0 Å². The first-order valence-corrected chi connectivity index (χ1v) is 0. The molecule has 4 heteroatoms. The van der Waals surface area contributed by atoms with Gasteiger partial charge in [0.25, 0.3) is 0 Å². The van der Waals surface area contributed by atoms with Crippen LogP contribution in [0.25, 0.3) is 0 Å². The molecule has 9 radical (unpaired) electrons. The molecule has 0 bridgehead atoms. The molecule has 0 unspecified atom stereocenters. The minimum Gasteiger partial charge on any atom is -0.344 e. The van der Waals surface area contributed by atoms with Crippen molar-refractivity contribution in [1.29, 1.82) is 0 Å². The average molecular weight is 339 g/mol. The van der Waals surface area contributed by atoms with Crippen molar-refractivity contribution < 1.29 is 0 Å². The Hall–Kier alpha value is 2.11. The molecular formula is H3GeNSbTe. The summed E-state index contributed by atoms with van der Waals surface area (Å²) in [5.41, 5.74) is 0. The monoisotopic (exact) mass is 342 g/mol. The van der Waals surface area contributed by atoms with E-state index in [1.807, 2.05) is 0 Å². The fraction of sp³-hybridized carbons (Fsp3) is 0. The minimum absolute atomic E-state index is 0. The Labute approximate surface area is 71.0 Å². The zero-order chi connectivity index (χ0) is 0. The maximum atomic E-state index is 0. The quantitative estimate of drug-likeness (QED) is 0.566. The maximum absolute atomic E-state index is 0. The van der Waals surface area contributed by atoms with Crippen LogP contribution < -0.4 is 6.15 Å². The zero-order valence-corrected chi connectivity index (χ0v) is 9.04. The van der Waals surface area contributed by atoms with Crippen molar-refractivity contribution in [2.45, 2.75) is 0 Å². The second-order valence-corrected chi connectivity index (χ2v) is 0. The van der Waals surface area contributed by atoms with Crippen molar-refractivity contribution in [3.8, 4) is 0 Å². The van der Waals surface area contributed by atoms with E-state index in [0.29, 0.717) is 0 Å². The summed E-state index contributed by atoms with van der Waals surface area (Å²) >= 11 is 0. The summed E-state index contributed by atoms with van der Waals surface area (Å²) in [5, 5.41) is 0. The first-order chi connectivity index (χ1) is 0. The van der Waals surface area contributed by atoms with Gasteiger partial charge in [-0.3, -0.25) is 0 Å². The van der Waals surface area contributed by atoms with Crippen LogP contribution in [0.1, 0.15) is 0 Å². The van der Waals surface area contributed by atoms with Gasteiger partial charge in [0.1, 0.15) is 0 Å². The van der Waals surface area contributed by atoms with E-state index in [1.165, 1.54) is 0 Å². The zero-order valence-electron chi connectivity index (χ0n) is 2.06. The molecule has 0 aliphatic heterocycles. The van der Waals surface area contributed by atoms with Gasteiger partial charge in [0.15, 0.2) is 0 Å². The van der Waals surface area contributed by atoms with Gasteiger partial charge in [-0.15, -0.1) is 0 Å². The maximum Gasteiger partial charge on any atom is 0 e. The topological polar surface area (TPSA) is 35.0 Å². The van der Waals surface area contributed by atoms with Crippen molar-refractivity contribution in [2.24, 2.45) is 0 Å². The van der Waals surface area contributed by atoms with Crippen molar-refractivity contribution in [2.75, 3.05) is 0 Å². The molecule has 3 N–H and O–H groups in total. The molecule has 0 saturated heterocycles. The van der Waals surface area contributed by atoms with E-state index in [1.54, 1.807) is 0 Å². The summed E-state index contributed by atoms with van der Waals surface area (Å²) in [5.74, 6) is 0. The van der Waals surface area contributed by atoms with Crippen LogP contribution in [0, 0.1) is 0 Å². The Morgan fingerprint density at radius 3 is 1.00 bits per heavy atom. The molecule has 0 atom stereocenters. The van der Waals surface area contributed by atoms with Gasteiger partial charge in [0, 0.05) is 65.7 Å². The molecule has 1 nitrogen and oxygen atoms in total. The van der Waals surface area contributed by atoms with Gasteiger partial charge < -0.3 is 6.15 Å². The molecule has 0 rings (SSSR count). The van der Waals surface area contributed by atoms with E-state index in [4.69, 9.17) is 0 Å². The van der Waals surface area contributed by atoms with E-state index in [9.17, 15) is 0 Å². The third-order valence-corrected chi connectivity index (χ3v) is 0. The molecule has 0 spiro atoms. The second kappa shape index (κ2) is 19.4. The predicted octanol–water partition coefficient (Wildman–Crippen LogP) is -0.980. The van der Waals surface area contributed by atoms with Gasteiger partial charge in [0.2, 0.25) is 0 Å². The molecule has 0 aliphatic rings. The van der Waals surface area contributed by atoms with Gasteiger partial charge in [-0.1, -0.05) is 0 Å². The Kier molecular flexibility index (Phi) is 174. The molecule has 23 valence electrons. The van der Waals surface area contributed by atoms with Gasteiger partial charge in [-0.25, -0.2) is 0 Å². The molecule has 0 aliphatic carbocycles. The van der Waals surface area contributed by atoms with Crippen molar-refractivity contribution in [3.63, 3.8) is 0 Å². The molecule has 0 aromatic heterocycles. The standard InChI is InChI=1S/Ge.H3N.Sb.Te/h;1H3;;. The van der Waals surface area contributed by atoms with Crippen LogP contribution in [0.2, 0.25) is 0 Å². The molecule has 0 fully saturated rings. The number of rotatable bonds is 0. The predicted molar refractivity (Wildman–Crippen MR) is 22.3 cm³/mol. The van der Waals surface area contributed by atoms with Crippen molar-refractivity contribution in [3.05, 3.63) is 0 Å². The number of hydrogen-bond acceptors (Lipinski definition) is 1.